The normalized spacial score (nSPS) is 25.7. The fraction of sp³-hybridized carbons (Fsp3) is 0.471. The fourth-order valence-corrected chi connectivity index (χ4v) is 3.12. The summed E-state index contributed by atoms with van der Waals surface area (Å²) in [6, 6.07) is 6.54. The SMILES string of the molecule is C=C(C)c1cccc2c1CO[C@@]1(C)CNC[C@H]21.O=CC(F)(F)F. The molecule has 1 aromatic rings. The maximum atomic E-state index is 10.4. The van der Waals surface area contributed by atoms with Gasteiger partial charge in [0, 0.05) is 19.0 Å². The second-order valence-corrected chi connectivity index (χ2v) is 6.10. The van der Waals surface area contributed by atoms with Crippen molar-refractivity contribution in [2.75, 3.05) is 13.1 Å². The number of rotatable bonds is 1. The lowest BCUT2D eigenvalue weighted by atomic mass is 9.79. The Kier molecular flexibility index (Phi) is 4.96. The van der Waals surface area contributed by atoms with Crippen LogP contribution in [0.15, 0.2) is 24.8 Å². The van der Waals surface area contributed by atoms with Crippen LogP contribution >= 0.6 is 0 Å². The molecule has 0 unspecified atom stereocenters. The van der Waals surface area contributed by atoms with Crippen molar-refractivity contribution in [2.24, 2.45) is 0 Å². The number of aldehydes is 1. The quantitative estimate of drug-likeness (QED) is 0.803. The summed E-state index contributed by atoms with van der Waals surface area (Å²) in [6.07, 6.45) is -5.70. The molecular weight excluding hydrogens is 307 g/mol. The molecule has 1 saturated heterocycles. The van der Waals surface area contributed by atoms with Crippen LogP contribution in [0.1, 0.15) is 36.5 Å². The molecule has 2 atom stereocenters. The molecule has 0 saturated carbocycles. The molecule has 3 nitrogen and oxygen atoms in total. The Morgan fingerprint density at radius 2 is 2.13 bits per heavy atom. The highest BCUT2D eigenvalue weighted by molar-refractivity contribution is 5.66. The molecule has 6 heteroatoms. The van der Waals surface area contributed by atoms with Crippen LogP contribution < -0.4 is 5.32 Å². The van der Waals surface area contributed by atoms with Crippen LogP contribution in [0.25, 0.3) is 5.57 Å². The van der Waals surface area contributed by atoms with Gasteiger partial charge in [0.15, 0.2) is 0 Å². The van der Waals surface area contributed by atoms with Gasteiger partial charge in [0.1, 0.15) is 0 Å². The highest BCUT2D eigenvalue weighted by Gasteiger charge is 2.44. The Bertz CT molecular complexity index is 612. The van der Waals surface area contributed by atoms with E-state index >= 15 is 0 Å². The lowest BCUT2D eigenvalue weighted by molar-refractivity contribution is -0.156. The van der Waals surface area contributed by atoms with Gasteiger partial charge in [-0.25, -0.2) is 0 Å². The van der Waals surface area contributed by atoms with Gasteiger partial charge < -0.3 is 10.1 Å². The lowest BCUT2D eigenvalue weighted by Gasteiger charge is -2.38. The fourth-order valence-electron chi connectivity index (χ4n) is 3.12. The number of hydrogen-bond acceptors (Lipinski definition) is 3. The van der Waals surface area contributed by atoms with Gasteiger partial charge in [-0.15, -0.1) is 0 Å². The molecule has 23 heavy (non-hydrogen) atoms. The molecule has 0 aliphatic carbocycles. The van der Waals surface area contributed by atoms with Crippen LogP contribution in [-0.2, 0) is 16.1 Å². The zero-order valence-electron chi connectivity index (χ0n) is 13.2. The highest BCUT2D eigenvalue weighted by Crippen LogP contribution is 2.42. The maximum absolute atomic E-state index is 10.4. The molecule has 0 aromatic heterocycles. The molecular formula is C17H20F3NO2. The van der Waals surface area contributed by atoms with E-state index in [1.54, 1.807) is 0 Å². The smallest absolute Gasteiger partial charge is 0.369 e. The van der Waals surface area contributed by atoms with Gasteiger partial charge in [0.25, 0.3) is 0 Å². The molecule has 0 radical (unpaired) electrons. The molecule has 2 aliphatic heterocycles. The van der Waals surface area contributed by atoms with E-state index < -0.39 is 12.5 Å². The van der Waals surface area contributed by atoms with Gasteiger partial charge in [0.2, 0.25) is 6.29 Å². The van der Waals surface area contributed by atoms with E-state index in [4.69, 9.17) is 9.53 Å². The number of carbonyl (C=O) groups excluding carboxylic acids is 1. The van der Waals surface area contributed by atoms with Crippen molar-refractivity contribution in [1.82, 2.24) is 5.32 Å². The number of fused-ring (bicyclic) bond motifs is 3. The van der Waals surface area contributed by atoms with Crippen LogP contribution in [0.5, 0.6) is 0 Å². The second-order valence-electron chi connectivity index (χ2n) is 6.10. The molecule has 3 rings (SSSR count). The minimum atomic E-state index is -4.64. The average molecular weight is 327 g/mol. The van der Waals surface area contributed by atoms with Gasteiger partial charge in [-0.05, 0) is 30.5 Å². The van der Waals surface area contributed by atoms with Crippen molar-refractivity contribution in [2.45, 2.75) is 38.1 Å². The second kappa shape index (κ2) is 6.45. The zero-order valence-corrected chi connectivity index (χ0v) is 13.2. The van der Waals surface area contributed by atoms with Crippen LogP contribution in [-0.4, -0.2) is 31.2 Å². The van der Waals surface area contributed by atoms with E-state index in [1.807, 2.05) is 0 Å². The zero-order chi connectivity index (χ0) is 17.3. The van der Waals surface area contributed by atoms with Crippen molar-refractivity contribution in [3.05, 3.63) is 41.5 Å². The maximum Gasteiger partial charge on any atom is 0.446 e. The summed E-state index contributed by atoms with van der Waals surface area (Å²) in [5.41, 5.74) is 5.15. The molecule has 1 N–H and O–H groups in total. The molecule has 0 amide bonds. The molecule has 126 valence electrons. The summed E-state index contributed by atoms with van der Waals surface area (Å²) in [7, 11) is 0. The lowest BCUT2D eigenvalue weighted by Crippen LogP contribution is -2.40. The van der Waals surface area contributed by atoms with E-state index in [-0.39, 0.29) is 5.60 Å². The third kappa shape index (κ3) is 3.82. The van der Waals surface area contributed by atoms with E-state index in [9.17, 15) is 13.2 Å². The summed E-state index contributed by atoms with van der Waals surface area (Å²) >= 11 is 0. The number of ether oxygens (including phenoxy) is 1. The highest BCUT2D eigenvalue weighted by atomic mass is 19.4. The van der Waals surface area contributed by atoms with Crippen molar-refractivity contribution < 1.29 is 22.7 Å². The number of carbonyl (C=O) groups is 1. The summed E-state index contributed by atoms with van der Waals surface area (Å²) in [5.74, 6) is 0.477. The molecule has 0 spiro atoms. The largest absolute Gasteiger partial charge is 0.446 e. The molecule has 2 heterocycles. The Balaban J connectivity index is 0.000000277. The van der Waals surface area contributed by atoms with Crippen molar-refractivity contribution in [1.29, 1.82) is 0 Å². The monoisotopic (exact) mass is 327 g/mol. The third-order valence-corrected chi connectivity index (χ3v) is 4.29. The number of halogens is 3. The van der Waals surface area contributed by atoms with Gasteiger partial charge >= 0.3 is 6.18 Å². The molecule has 0 bridgehead atoms. The number of alkyl halides is 3. The third-order valence-electron chi connectivity index (χ3n) is 4.29. The van der Waals surface area contributed by atoms with Crippen LogP contribution in [0, 0.1) is 0 Å². The van der Waals surface area contributed by atoms with Gasteiger partial charge in [-0.2, -0.15) is 13.2 Å². The average Bonchev–Trinajstić information content (AvgIpc) is 2.88. The number of nitrogens with one attached hydrogen (secondary N) is 1. The standard InChI is InChI=1S/C15H19NO.C2HF3O/c1-10(2)11-5-4-6-12-13(11)8-17-15(3)9-16-7-14(12)15;3-2(4,5)1-6/h4-6,14,16H,1,7-9H2,2-3H3;1H/t14-,15+;/m1./s1. The Hall–Kier alpha value is -1.66. The number of allylic oxidation sites excluding steroid dienone is 1. The first kappa shape index (κ1) is 17.7. The predicted octanol–water partition coefficient (Wildman–Crippen LogP) is 3.44. The van der Waals surface area contributed by atoms with Crippen molar-refractivity contribution in [3.63, 3.8) is 0 Å². The topological polar surface area (TPSA) is 38.3 Å². The minimum Gasteiger partial charge on any atom is -0.369 e. The summed E-state index contributed by atoms with van der Waals surface area (Å²) in [5, 5.41) is 3.45. The summed E-state index contributed by atoms with van der Waals surface area (Å²) in [6.45, 7) is 11.0. The molecule has 2 aliphatic rings. The van der Waals surface area contributed by atoms with Crippen LogP contribution in [0.4, 0.5) is 13.2 Å². The van der Waals surface area contributed by atoms with E-state index in [1.165, 1.54) is 16.7 Å². The minimum absolute atomic E-state index is 0.0271. The number of hydrogen-bond donors (Lipinski definition) is 1. The first-order valence-corrected chi connectivity index (χ1v) is 7.33. The summed E-state index contributed by atoms with van der Waals surface area (Å²) in [4.78, 5) is 8.70. The Morgan fingerprint density at radius 1 is 1.48 bits per heavy atom. The van der Waals surface area contributed by atoms with Gasteiger partial charge in [-0.1, -0.05) is 30.4 Å². The van der Waals surface area contributed by atoms with Crippen LogP contribution in [0.2, 0.25) is 0 Å². The van der Waals surface area contributed by atoms with Gasteiger partial charge in [-0.3, -0.25) is 4.79 Å². The first-order valence-electron chi connectivity index (χ1n) is 7.33. The predicted molar refractivity (Wildman–Crippen MR) is 82.1 cm³/mol. The van der Waals surface area contributed by atoms with E-state index in [0.29, 0.717) is 12.5 Å². The Morgan fingerprint density at radius 3 is 2.70 bits per heavy atom. The van der Waals surface area contributed by atoms with Crippen LogP contribution in [0.3, 0.4) is 0 Å². The molecule has 1 fully saturated rings. The van der Waals surface area contributed by atoms with Crippen molar-refractivity contribution >= 4 is 11.9 Å². The Labute approximate surface area is 133 Å². The molecule has 1 aromatic carbocycles. The van der Waals surface area contributed by atoms with Gasteiger partial charge in [0.05, 0.1) is 12.2 Å². The van der Waals surface area contributed by atoms with Crippen molar-refractivity contribution in [3.8, 4) is 0 Å². The van der Waals surface area contributed by atoms with E-state index in [2.05, 4.69) is 43.9 Å². The van der Waals surface area contributed by atoms with E-state index in [0.717, 1.165) is 18.7 Å². The summed E-state index contributed by atoms with van der Waals surface area (Å²) < 4.78 is 37.4. The number of benzene rings is 1. The first-order chi connectivity index (χ1) is 10.7.